The number of aromatic amines is 1. The first-order valence-corrected chi connectivity index (χ1v) is 4.14. The smallest absolute Gasteiger partial charge is 0.337 e. The van der Waals surface area contributed by atoms with Gasteiger partial charge in [-0.15, -0.1) is 0 Å². The molecular formula is C9H13NO2. The molecule has 2 N–H and O–H groups in total. The monoisotopic (exact) mass is 167 g/mol. The number of aromatic carboxylic acids is 1. The summed E-state index contributed by atoms with van der Waals surface area (Å²) in [5.74, 6) is -0.867. The molecule has 1 aromatic rings. The first kappa shape index (κ1) is 8.84. The molecule has 0 radical (unpaired) electrons. The quantitative estimate of drug-likeness (QED) is 0.721. The summed E-state index contributed by atoms with van der Waals surface area (Å²) < 4.78 is 0. The second kappa shape index (κ2) is 3.95. The molecule has 12 heavy (non-hydrogen) atoms. The van der Waals surface area contributed by atoms with Gasteiger partial charge in [-0.25, -0.2) is 4.79 Å². The fourth-order valence-corrected chi connectivity index (χ4v) is 1.08. The highest BCUT2D eigenvalue weighted by Gasteiger charge is 2.04. The summed E-state index contributed by atoms with van der Waals surface area (Å²) >= 11 is 0. The minimum Gasteiger partial charge on any atom is -0.478 e. The van der Waals surface area contributed by atoms with Gasteiger partial charge in [0, 0.05) is 11.9 Å². The molecule has 3 nitrogen and oxygen atoms in total. The highest BCUT2D eigenvalue weighted by atomic mass is 16.4. The number of nitrogens with one attached hydrogen (secondary N) is 1. The average molecular weight is 167 g/mol. The molecule has 0 aromatic carbocycles. The van der Waals surface area contributed by atoms with Crippen LogP contribution < -0.4 is 0 Å². The molecule has 0 bridgehead atoms. The third-order valence-electron chi connectivity index (χ3n) is 1.79. The largest absolute Gasteiger partial charge is 0.478 e. The van der Waals surface area contributed by atoms with Crippen LogP contribution >= 0.6 is 0 Å². The van der Waals surface area contributed by atoms with Gasteiger partial charge in [-0.05, 0) is 18.9 Å². The molecular weight excluding hydrogens is 154 g/mol. The average Bonchev–Trinajstić information content (AvgIpc) is 2.48. The number of carbonyl (C=O) groups is 1. The molecule has 0 unspecified atom stereocenters. The van der Waals surface area contributed by atoms with Gasteiger partial charge in [0.15, 0.2) is 0 Å². The Morgan fingerprint density at radius 2 is 2.42 bits per heavy atom. The number of carboxylic acid groups (broad SMARTS) is 1. The van der Waals surface area contributed by atoms with E-state index in [1.807, 2.05) is 0 Å². The zero-order chi connectivity index (χ0) is 8.97. The molecule has 0 saturated carbocycles. The number of aryl methyl sites for hydroxylation is 1. The number of hydrogen-bond acceptors (Lipinski definition) is 1. The molecule has 0 aliphatic heterocycles. The molecule has 0 amide bonds. The summed E-state index contributed by atoms with van der Waals surface area (Å²) in [5.41, 5.74) is 1.36. The zero-order valence-corrected chi connectivity index (χ0v) is 7.13. The minimum atomic E-state index is -0.867. The van der Waals surface area contributed by atoms with Crippen molar-refractivity contribution in [3.8, 4) is 0 Å². The molecule has 0 atom stereocenters. The third kappa shape index (κ3) is 2.12. The molecule has 3 heteroatoms. The number of aromatic nitrogens is 1. The van der Waals surface area contributed by atoms with E-state index in [1.165, 1.54) is 6.20 Å². The van der Waals surface area contributed by atoms with Crippen molar-refractivity contribution in [3.05, 3.63) is 23.5 Å². The number of rotatable bonds is 4. The van der Waals surface area contributed by atoms with Crippen LogP contribution in [0, 0.1) is 0 Å². The zero-order valence-electron chi connectivity index (χ0n) is 7.13. The molecule has 0 aliphatic carbocycles. The van der Waals surface area contributed by atoms with Crippen LogP contribution in [0.1, 0.15) is 35.8 Å². The summed E-state index contributed by atoms with van der Waals surface area (Å²) in [5, 5.41) is 8.60. The van der Waals surface area contributed by atoms with Gasteiger partial charge in [0.2, 0.25) is 0 Å². The van der Waals surface area contributed by atoms with Crippen molar-refractivity contribution >= 4 is 5.97 Å². The van der Waals surface area contributed by atoms with Crippen molar-refractivity contribution in [1.82, 2.24) is 4.98 Å². The Labute approximate surface area is 71.4 Å². The van der Waals surface area contributed by atoms with Gasteiger partial charge in [0.05, 0.1) is 5.56 Å². The summed E-state index contributed by atoms with van der Waals surface area (Å²) in [6.07, 6.45) is 4.69. The van der Waals surface area contributed by atoms with Crippen LogP contribution in [0.2, 0.25) is 0 Å². The van der Waals surface area contributed by atoms with Gasteiger partial charge >= 0.3 is 5.97 Å². The van der Waals surface area contributed by atoms with E-state index in [-0.39, 0.29) is 0 Å². The first-order valence-electron chi connectivity index (χ1n) is 4.14. The molecule has 0 saturated heterocycles. The van der Waals surface area contributed by atoms with Gasteiger partial charge in [-0.2, -0.15) is 0 Å². The van der Waals surface area contributed by atoms with E-state index in [0.29, 0.717) is 5.56 Å². The maximum Gasteiger partial charge on any atom is 0.337 e. The summed E-state index contributed by atoms with van der Waals surface area (Å²) in [6, 6.07) is 1.69. The number of unbranched alkanes of at least 4 members (excludes halogenated alkanes) is 1. The number of carboxylic acids is 1. The fraction of sp³-hybridized carbons (Fsp3) is 0.444. The molecule has 0 fully saturated rings. The second-order valence-electron chi connectivity index (χ2n) is 2.82. The van der Waals surface area contributed by atoms with Crippen LogP contribution in [0.25, 0.3) is 0 Å². The molecule has 1 aromatic heterocycles. The number of H-pyrrole nitrogens is 1. The first-order chi connectivity index (χ1) is 5.74. The lowest BCUT2D eigenvalue weighted by Crippen LogP contribution is -1.91. The van der Waals surface area contributed by atoms with E-state index in [4.69, 9.17) is 5.11 Å². The Morgan fingerprint density at radius 1 is 1.67 bits per heavy atom. The molecule has 0 spiro atoms. The highest BCUT2D eigenvalue weighted by molar-refractivity contribution is 5.87. The van der Waals surface area contributed by atoms with Crippen molar-refractivity contribution in [3.63, 3.8) is 0 Å². The van der Waals surface area contributed by atoms with E-state index in [1.54, 1.807) is 6.07 Å². The van der Waals surface area contributed by atoms with E-state index >= 15 is 0 Å². The van der Waals surface area contributed by atoms with Gasteiger partial charge in [0.25, 0.3) is 0 Å². The predicted octanol–water partition coefficient (Wildman–Crippen LogP) is 2.06. The van der Waals surface area contributed by atoms with Gasteiger partial charge in [-0.1, -0.05) is 13.3 Å². The SMILES string of the molecule is CCCCc1cc(C(=O)O)c[nH]1. The van der Waals surface area contributed by atoms with Gasteiger partial charge in [-0.3, -0.25) is 0 Å². The van der Waals surface area contributed by atoms with Crippen molar-refractivity contribution in [2.75, 3.05) is 0 Å². The topological polar surface area (TPSA) is 53.1 Å². The maximum absolute atomic E-state index is 10.5. The Morgan fingerprint density at radius 3 is 2.92 bits per heavy atom. The van der Waals surface area contributed by atoms with Crippen LogP contribution in [0.3, 0.4) is 0 Å². The van der Waals surface area contributed by atoms with Gasteiger partial charge in [0.1, 0.15) is 0 Å². The Bertz CT molecular complexity index is 265. The van der Waals surface area contributed by atoms with Crippen LogP contribution in [-0.2, 0) is 6.42 Å². The van der Waals surface area contributed by atoms with Gasteiger partial charge < -0.3 is 10.1 Å². The normalized spacial score (nSPS) is 10.1. The highest BCUT2D eigenvalue weighted by Crippen LogP contribution is 2.06. The van der Waals surface area contributed by atoms with Crippen LogP contribution in [0.5, 0.6) is 0 Å². The lowest BCUT2D eigenvalue weighted by atomic mass is 10.2. The lowest BCUT2D eigenvalue weighted by molar-refractivity contribution is 0.0697. The Balaban J connectivity index is 2.58. The van der Waals surface area contributed by atoms with E-state index in [2.05, 4.69) is 11.9 Å². The summed E-state index contributed by atoms with van der Waals surface area (Å²) in [6.45, 7) is 2.11. The van der Waals surface area contributed by atoms with E-state index in [0.717, 1.165) is 25.0 Å². The third-order valence-corrected chi connectivity index (χ3v) is 1.79. The lowest BCUT2D eigenvalue weighted by Gasteiger charge is -1.92. The predicted molar refractivity (Wildman–Crippen MR) is 46.4 cm³/mol. The molecule has 66 valence electrons. The van der Waals surface area contributed by atoms with Crippen molar-refractivity contribution in [1.29, 1.82) is 0 Å². The summed E-state index contributed by atoms with van der Waals surface area (Å²) in [7, 11) is 0. The van der Waals surface area contributed by atoms with Crippen molar-refractivity contribution in [2.24, 2.45) is 0 Å². The van der Waals surface area contributed by atoms with E-state index < -0.39 is 5.97 Å². The molecule has 1 heterocycles. The van der Waals surface area contributed by atoms with E-state index in [9.17, 15) is 4.79 Å². The maximum atomic E-state index is 10.5. The van der Waals surface area contributed by atoms with Crippen molar-refractivity contribution < 1.29 is 9.90 Å². The standard InChI is InChI=1S/C9H13NO2/c1-2-3-4-8-5-7(6-10-8)9(11)12/h5-6,10H,2-4H2,1H3,(H,11,12). The van der Waals surface area contributed by atoms with Crippen LogP contribution in [0.15, 0.2) is 12.3 Å². The summed E-state index contributed by atoms with van der Waals surface area (Å²) in [4.78, 5) is 13.4. The Hall–Kier alpha value is -1.25. The minimum absolute atomic E-state index is 0.348. The molecule has 0 aliphatic rings. The second-order valence-corrected chi connectivity index (χ2v) is 2.82. The van der Waals surface area contributed by atoms with Crippen LogP contribution in [0.4, 0.5) is 0 Å². The Kier molecular flexibility index (Phi) is 2.91. The number of hydrogen-bond donors (Lipinski definition) is 2. The van der Waals surface area contributed by atoms with Crippen LogP contribution in [-0.4, -0.2) is 16.1 Å². The van der Waals surface area contributed by atoms with Crippen molar-refractivity contribution in [2.45, 2.75) is 26.2 Å². The molecule has 1 rings (SSSR count). The fourth-order valence-electron chi connectivity index (χ4n) is 1.08.